The average Bonchev–Trinajstić information content (AvgIpc) is 2.91. The molecule has 0 saturated carbocycles. The van der Waals surface area contributed by atoms with Gasteiger partial charge in [0.05, 0.1) is 12.8 Å². The van der Waals surface area contributed by atoms with Gasteiger partial charge in [0.1, 0.15) is 0 Å². The van der Waals surface area contributed by atoms with Gasteiger partial charge in [0.25, 0.3) is 0 Å². The molecule has 4 nitrogen and oxygen atoms in total. The second kappa shape index (κ2) is 6.12. The summed E-state index contributed by atoms with van der Waals surface area (Å²) < 4.78 is 5.07. The molecule has 18 heavy (non-hydrogen) atoms. The summed E-state index contributed by atoms with van der Waals surface area (Å²) in [5.74, 6) is 0.433. The van der Waals surface area contributed by atoms with Gasteiger partial charge in [-0.25, -0.2) is 0 Å². The normalized spacial score (nSPS) is 10.8. The Hall–Kier alpha value is -1.94. The van der Waals surface area contributed by atoms with E-state index in [9.17, 15) is 4.79 Å². The van der Waals surface area contributed by atoms with Crippen molar-refractivity contribution in [1.29, 1.82) is 0 Å². The number of Topliss-reactive ketones (excluding diaryl/α,β-unsaturated/α-hetero) is 1. The molecule has 2 aromatic rings. The third-order valence-electron chi connectivity index (χ3n) is 2.74. The third-order valence-corrected chi connectivity index (χ3v) is 2.74. The first-order valence-corrected chi connectivity index (χ1v) is 5.90. The monoisotopic (exact) mass is 244 g/mol. The van der Waals surface area contributed by atoms with Crippen LogP contribution in [0.4, 0.5) is 0 Å². The largest absolute Gasteiger partial charge is 0.461 e. The van der Waals surface area contributed by atoms with Gasteiger partial charge in [-0.05, 0) is 43.3 Å². The van der Waals surface area contributed by atoms with Gasteiger partial charge in [-0.3, -0.25) is 14.7 Å². The van der Waals surface area contributed by atoms with E-state index in [1.54, 1.807) is 24.5 Å². The lowest BCUT2D eigenvalue weighted by Crippen LogP contribution is -2.27. The van der Waals surface area contributed by atoms with Crippen molar-refractivity contribution in [2.24, 2.45) is 0 Å². The van der Waals surface area contributed by atoms with Gasteiger partial charge in [-0.2, -0.15) is 0 Å². The van der Waals surface area contributed by atoms with Gasteiger partial charge in [0, 0.05) is 18.9 Å². The lowest BCUT2D eigenvalue weighted by molar-refractivity contribution is 0.0919. The maximum absolute atomic E-state index is 11.8. The zero-order chi connectivity index (χ0) is 12.8. The number of pyridine rings is 1. The lowest BCUT2D eigenvalue weighted by Gasteiger charge is -2.14. The van der Waals surface area contributed by atoms with E-state index in [1.807, 2.05) is 24.1 Å². The number of nitrogens with zero attached hydrogens (tertiary/aromatic N) is 2. The first-order chi connectivity index (χ1) is 8.75. The Bertz CT molecular complexity index is 480. The van der Waals surface area contributed by atoms with Crippen LogP contribution in [0.3, 0.4) is 0 Å². The van der Waals surface area contributed by atoms with E-state index in [4.69, 9.17) is 4.42 Å². The Labute approximate surface area is 106 Å². The Balaban J connectivity index is 1.79. The van der Waals surface area contributed by atoms with E-state index in [-0.39, 0.29) is 5.78 Å². The highest BCUT2D eigenvalue weighted by atomic mass is 16.3. The van der Waals surface area contributed by atoms with Crippen molar-refractivity contribution < 1.29 is 9.21 Å². The summed E-state index contributed by atoms with van der Waals surface area (Å²) in [5.41, 5.74) is 1.22. The van der Waals surface area contributed by atoms with Crippen LogP contribution in [0.1, 0.15) is 16.1 Å². The highest BCUT2D eigenvalue weighted by Gasteiger charge is 2.11. The minimum absolute atomic E-state index is 0.0113. The van der Waals surface area contributed by atoms with Gasteiger partial charge in [-0.15, -0.1) is 0 Å². The topological polar surface area (TPSA) is 46.3 Å². The fourth-order valence-electron chi connectivity index (χ4n) is 1.71. The van der Waals surface area contributed by atoms with E-state index in [1.165, 1.54) is 11.8 Å². The zero-order valence-corrected chi connectivity index (χ0v) is 10.4. The van der Waals surface area contributed by atoms with Crippen molar-refractivity contribution in [2.75, 3.05) is 20.1 Å². The van der Waals surface area contributed by atoms with Crippen molar-refractivity contribution in [3.8, 4) is 0 Å². The summed E-state index contributed by atoms with van der Waals surface area (Å²) in [6.45, 7) is 1.20. The second-order valence-electron chi connectivity index (χ2n) is 4.24. The van der Waals surface area contributed by atoms with Gasteiger partial charge >= 0.3 is 0 Å². The van der Waals surface area contributed by atoms with Crippen LogP contribution in [-0.2, 0) is 6.42 Å². The minimum atomic E-state index is 0.0113. The fraction of sp³-hybridized carbons (Fsp3) is 0.286. The van der Waals surface area contributed by atoms with Crippen LogP contribution in [0, 0.1) is 0 Å². The average molecular weight is 244 g/mol. The predicted octanol–water partition coefficient (Wildman–Crippen LogP) is 2.03. The van der Waals surface area contributed by atoms with Gasteiger partial charge in [0.2, 0.25) is 5.78 Å². The molecule has 4 heteroatoms. The number of aromatic nitrogens is 1. The number of likely N-dealkylation sites (N-methyl/N-ethyl adjacent to an activating group) is 1. The predicted molar refractivity (Wildman–Crippen MR) is 68.5 cm³/mol. The summed E-state index contributed by atoms with van der Waals surface area (Å²) >= 11 is 0. The molecule has 0 fully saturated rings. The summed E-state index contributed by atoms with van der Waals surface area (Å²) in [6, 6.07) is 7.40. The second-order valence-corrected chi connectivity index (χ2v) is 4.24. The molecule has 0 unspecified atom stereocenters. The first kappa shape index (κ1) is 12.5. The summed E-state index contributed by atoms with van der Waals surface area (Å²) in [4.78, 5) is 17.7. The standard InChI is InChI=1S/C14H16N2O2/c1-16(9-6-12-4-7-15-8-5-12)11-13(17)14-3-2-10-18-14/h2-5,7-8,10H,6,9,11H2,1H3. The molecule has 0 radical (unpaired) electrons. The molecule has 2 aromatic heterocycles. The fourth-order valence-corrected chi connectivity index (χ4v) is 1.71. The molecule has 0 aliphatic carbocycles. The number of carbonyl (C=O) groups is 1. The highest BCUT2D eigenvalue weighted by molar-refractivity contribution is 5.94. The zero-order valence-electron chi connectivity index (χ0n) is 10.4. The molecule has 0 saturated heterocycles. The number of rotatable bonds is 6. The number of ketones is 1. The smallest absolute Gasteiger partial charge is 0.211 e. The molecule has 0 aliphatic rings. The van der Waals surface area contributed by atoms with Crippen molar-refractivity contribution in [3.63, 3.8) is 0 Å². The van der Waals surface area contributed by atoms with Crippen LogP contribution < -0.4 is 0 Å². The van der Waals surface area contributed by atoms with E-state index >= 15 is 0 Å². The third kappa shape index (κ3) is 3.53. The Morgan fingerprint density at radius 2 is 2.11 bits per heavy atom. The number of hydrogen-bond acceptors (Lipinski definition) is 4. The van der Waals surface area contributed by atoms with Crippen LogP contribution >= 0.6 is 0 Å². The molecular formula is C14H16N2O2. The molecular weight excluding hydrogens is 228 g/mol. The van der Waals surface area contributed by atoms with Gasteiger partial charge in [-0.1, -0.05) is 0 Å². The van der Waals surface area contributed by atoms with Gasteiger partial charge < -0.3 is 4.42 Å². The number of furan rings is 1. The summed E-state index contributed by atoms with van der Waals surface area (Å²) in [6.07, 6.45) is 5.99. The van der Waals surface area contributed by atoms with Crippen LogP contribution in [0.15, 0.2) is 47.3 Å². The highest BCUT2D eigenvalue weighted by Crippen LogP contribution is 2.03. The van der Waals surface area contributed by atoms with E-state index in [2.05, 4.69) is 4.98 Å². The Morgan fingerprint density at radius 3 is 2.78 bits per heavy atom. The van der Waals surface area contributed by atoms with E-state index < -0.39 is 0 Å². The van der Waals surface area contributed by atoms with Crippen molar-refractivity contribution in [2.45, 2.75) is 6.42 Å². The summed E-state index contributed by atoms with van der Waals surface area (Å²) in [5, 5.41) is 0. The Kier molecular flexibility index (Phi) is 4.25. The number of carbonyl (C=O) groups excluding carboxylic acids is 1. The molecule has 0 N–H and O–H groups in total. The summed E-state index contributed by atoms with van der Waals surface area (Å²) in [7, 11) is 1.93. The maximum atomic E-state index is 11.8. The first-order valence-electron chi connectivity index (χ1n) is 5.90. The molecule has 0 spiro atoms. The van der Waals surface area contributed by atoms with Crippen molar-refractivity contribution in [1.82, 2.24) is 9.88 Å². The van der Waals surface area contributed by atoms with Crippen LogP contribution in [-0.4, -0.2) is 35.8 Å². The number of hydrogen-bond donors (Lipinski definition) is 0. The minimum Gasteiger partial charge on any atom is -0.461 e. The SMILES string of the molecule is CN(CCc1ccncc1)CC(=O)c1ccco1. The Morgan fingerprint density at radius 1 is 1.33 bits per heavy atom. The van der Waals surface area contributed by atoms with E-state index in [0.29, 0.717) is 12.3 Å². The van der Waals surface area contributed by atoms with Crippen LogP contribution in [0.2, 0.25) is 0 Å². The van der Waals surface area contributed by atoms with Crippen LogP contribution in [0.25, 0.3) is 0 Å². The molecule has 0 atom stereocenters. The molecule has 0 bridgehead atoms. The molecule has 0 aromatic carbocycles. The quantitative estimate of drug-likeness (QED) is 0.729. The molecule has 2 heterocycles. The lowest BCUT2D eigenvalue weighted by atomic mass is 10.2. The van der Waals surface area contributed by atoms with Gasteiger partial charge in [0.15, 0.2) is 5.76 Å². The molecule has 94 valence electrons. The maximum Gasteiger partial charge on any atom is 0.211 e. The van der Waals surface area contributed by atoms with E-state index in [0.717, 1.165) is 13.0 Å². The molecule has 2 rings (SSSR count). The van der Waals surface area contributed by atoms with Crippen molar-refractivity contribution >= 4 is 5.78 Å². The molecule has 0 aliphatic heterocycles. The molecule has 0 amide bonds. The van der Waals surface area contributed by atoms with Crippen LogP contribution in [0.5, 0.6) is 0 Å². The van der Waals surface area contributed by atoms with Crippen molar-refractivity contribution in [3.05, 3.63) is 54.2 Å².